The highest BCUT2D eigenvalue weighted by Crippen LogP contribution is 1.97. The van der Waals surface area contributed by atoms with Gasteiger partial charge in [0.15, 0.2) is 0 Å². The third-order valence-electron chi connectivity index (χ3n) is 1.56. The fraction of sp³-hybridized carbons (Fsp3) is 0.750. The zero-order valence-electron chi connectivity index (χ0n) is 7.63. The molecule has 0 saturated heterocycles. The first-order chi connectivity index (χ1) is 5.49. The lowest BCUT2D eigenvalue weighted by Gasteiger charge is -2.16. The molecule has 0 aromatic carbocycles. The lowest BCUT2D eigenvalue weighted by Crippen LogP contribution is -2.47. The van der Waals surface area contributed by atoms with Gasteiger partial charge in [0.2, 0.25) is 12.2 Å². The van der Waals surface area contributed by atoms with Crippen LogP contribution in [0.4, 0.5) is 0 Å². The summed E-state index contributed by atoms with van der Waals surface area (Å²) >= 11 is 0. The molecule has 4 nitrogen and oxygen atoms in total. The van der Waals surface area contributed by atoms with Crippen LogP contribution in [-0.2, 0) is 9.59 Å². The molecule has 4 heteroatoms. The SMILES string of the molecule is CC(C)[C@H](N)C(=O)N[C@@H](C)[C]=O. The van der Waals surface area contributed by atoms with Crippen molar-refractivity contribution >= 4 is 12.2 Å². The van der Waals surface area contributed by atoms with Gasteiger partial charge in [-0.1, -0.05) is 13.8 Å². The summed E-state index contributed by atoms with van der Waals surface area (Å²) in [5.41, 5.74) is 5.52. The molecule has 0 bridgehead atoms. The van der Waals surface area contributed by atoms with E-state index in [0.717, 1.165) is 0 Å². The zero-order valence-corrected chi connectivity index (χ0v) is 7.63. The summed E-state index contributed by atoms with van der Waals surface area (Å²) in [7, 11) is 0. The molecule has 0 fully saturated rings. The Morgan fingerprint density at radius 3 is 2.25 bits per heavy atom. The molecule has 0 heterocycles. The number of nitrogens with one attached hydrogen (secondary N) is 1. The summed E-state index contributed by atoms with van der Waals surface area (Å²) in [6, 6.07) is -1.14. The summed E-state index contributed by atoms with van der Waals surface area (Å²) in [5.74, 6) is -0.232. The first-order valence-electron chi connectivity index (χ1n) is 3.92. The van der Waals surface area contributed by atoms with Gasteiger partial charge >= 0.3 is 0 Å². The molecule has 1 amide bonds. The number of amides is 1. The van der Waals surface area contributed by atoms with Crippen LogP contribution < -0.4 is 11.1 Å². The normalized spacial score (nSPS) is 15.4. The van der Waals surface area contributed by atoms with Gasteiger partial charge in [-0.2, -0.15) is 0 Å². The van der Waals surface area contributed by atoms with Crippen LogP contribution in [0.2, 0.25) is 0 Å². The minimum absolute atomic E-state index is 0.0730. The van der Waals surface area contributed by atoms with E-state index in [1.54, 1.807) is 13.2 Å². The summed E-state index contributed by atoms with van der Waals surface area (Å²) in [6.45, 7) is 5.25. The molecular weight excluding hydrogens is 156 g/mol. The molecule has 0 spiro atoms. The van der Waals surface area contributed by atoms with Crippen LogP contribution in [0, 0.1) is 5.92 Å². The van der Waals surface area contributed by atoms with Crippen LogP contribution >= 0.6 is 0 Å². The van der Waals surface area contributed by atoms with E-state index in [1.165, 1.54) is 0 Å². The molecule has 0 aromatic heterocycles. The maximum atomic E-state index is 11.1. The van der Waals surface area contributed by atoms with Gasteiger partial charge in [-0.3, -0.25) is 9.59 Å². The lowest BCUT2D eigenvalue weighted by molar-refractivity contribution is -0.123. The number of rotatable bonds is 4. The Morgan fingerprint density at radius 1 is 1.42 bits per heavy atom. The third kappa shape index (κ3) is 3.48. The molecule has 2 atom stereocenters. The van der Waals surface area contributed by atoms with E-state index in [2.05, 4.69) is 5.32 Å². The predicted octanol–water partition coefficient (Wildman–Crippen LogP) is -0.416. The van der Waals surface area contributed by atoms with Gasteiger partial charge in [0.25, 0.3) is 0 Å². The van der Waals surface area contributed by atoms with Crippen molar-refractivity contribution in [2.45, 2.75) is 32.9 Å². The Hall–Kier alpha value is -0.900. The zero-order chi connectivity index (χ0) is 9.72. The quantitative estimate of drug-likeness (QED) is 0.603. The topological polar surface area (TPSA) is 72.2 Å². The Bertz CT molecular complexity index is 168. The fourth-order valence-electron chi connectivity index (χ4n) is 0.642. The molecule has 0 aliphatic carbocycles. The molecule has 3 N–H and O–H groups in total. The van der Waals surface area contributed by atoms with Gasteiger partial charge in [-0.05, 0) is 12.8 Å². The van der Waals surface area contributed by atoms with Gasteiger partial charge in [-0.25, -0.2) is 0 Å². The van der Waals surface area contributed by atoms with E-state index in [9.17, 15) is 9.59 Å². The summed E-state index contributed by atoms with van der Waals surface area (Å²) in [5, 5.41) is 2.42. The Labute approximate surface area is 72.5 Å². The molecule has 0 aliphatic heterocycles. The largest absolute Gasteiger partial charge is 0.345 e. The van der Waals surface area contributed by atoms with Crippen LogP contribution in [0.3, 0.4) is 0 Å². The van der Waals surface area contributed by atoms with Crippen LogP contribution in [0.5, 0.6) is 0 Å². The van der Waals surface area contributed by atoms with Crippen molar-refractivity contribution < 1.29 is 9.59 Å². The van der Waals surface area contributed by atoms with Gasteiger partial charge < -0.3 is 11.1 Å². The first-order valence-corrected chi connectivity index (χ1v) is 3.92. The molecule has 0 saturated carbocycles. The molecular formula is C8H15N2O2. The van der Waals surface area contributed by atoms with E-state index in [1.807, 2.05) is 13.8 Å². The number of carbonyl (C=O) groups excluding carboxylic acids is 2. The minimum atomic E-state index is -0.581. The highest BCUT2D eigenvalue weighted by molar-refractivity contribution is 5.84. The number of carbonyl (C=O) groups is 1. The molecule has 0 unspecified atom stereocenters. The average molecular weight is 171 g/mol. The third-order valence-corrected chi connectivity index (χ3v) is 1.56. The van der Waals surface area contributed by atoms with Crippen molar-refractivity contribution in [2.75, 3.05) is 0 Å². The van der Waals surface area contributed by atoms with Crippen molar-refractivity contribution in [3.63, 3.8) is 0 Å². The second-order valence-electron chi connectivity index (χ2n) is 3.12. The lowest BCUT2D eigenvalue weighted by atomic mass is 10.0. The van der Waals surface area contributed by atoms with Gasteiger partial charge in [0, 0.05) is 0 Å². The van der Waals surface area contributed by atoms with Gasteiger partial charge in [0.05, 0.1) is 12.1 Å². The van der Waals surface area contributed by atoms with E-state index in [4.69, 9.17) is 5.73 Å². The minimum Gasteiger partial charge on any atom is -0.345 e. The second kappa shape index (κ2) is 4.87. The molecule has 0 aromatic rings. The maximum absolute atomic E-state index is 11.1. The Balaban J connectivity index is 3.95. The average Bonchev–Trinajstić information content (AvgIpc) is 2.02. The van der Waals surface area contributed by atoms with Crippen molar-refractivity contribution in [1.29, 1.82) is 0 Å². The maximum Gasteiger partial charge on any atom is 0.237 e. The molecule has 0 rings (SSSR count). The molecule has 69 valence electrons. The van der Waals surface area contributed by atoms with Crippen molar-refractivity contribution in [3.05, 3.63) is 0 Å². The molecule has 12 heavy (non-hydrogen) atoms. The van der Waals surface area contributed by atoms with E-state index >= 15 is 0 Å². The number of hydrogen-bond donors (Lipinski definition) is 2. The van der Waals surface area contributed by atoms with E-state index in [0.29, 0.717) is 0 Å². The smallest absolute Gasteiger partial charge is 0.237 e. The van der Waals surface area contributed by atoms with Crippen molar-refractivity contribution in [2.24, 2.45) is 11.7 Å². The molecule has 0 aliphatic rings. The molecule has 1 radical (unpaired) electrons. The van der Waals surface area contributed by atoms with Crippen molar-refractivity contribution in [3.8, 4) is 0 Å². The van der Waals surface area contributed by atoms with Crippen LogP contribution in [-0.4, -0.2) is 24.3 Å². The Morgan fingerprint density at radius 2 is 1.92 bits per heavy atom. The monoisotopic (exact) mass is 171 g/mol. The van der Waals surface area contributed by atoms with Crippen molar-refractivity contribution in [1.82, 2.24) is 5.32 Å². The highest BCUT2D eigenvalue weighted by atomic mass is 16.2. The van der Waals surface area contributed by atoms with Crippen LogP contribution in [0.15, 0.2) is 0 Å². The Kier molecular flexibility index (Phi) is 4.51. The fourth-order valence-corrected chi connectivity index (χ4v) is 0.642. The summed E-state index contributed by atoms with van der Waals surface area (Å²) in [4.78, 5) is 21.2. The van der Waals surface area contributed by atoms with Crippen LogP contribution in [0.1, 0.15) is 20.8 Å². The highest BCUT2D eigenvalue weighted by Gasteiger charge is 2.18. The number of hydrogen-bond acceptors (Lipinski definition) is 3. The second-order valence-corrected chi connectivity index (χ2v) is 3.12. The van der Waals surface area contributed by atoms with E-state index < -0.39 is 12.1 Å². The van der Waals surface area contributed by atoms with Gasteiger partial charge in [0.1, 0.15) is 0 Å². The van der Waals surface area contributed by atoms with Gasteiger partial charge in [-0.15, -0.1) is 0 Å². The standard InChI is InChI=1S/C8H15N2O2/c1-5(2)7(9)8(12)10-6(3)4-11/h5-7H,9H2,1-3H3,(H,10,12)/t6-,7-/m0/s1. The predicted molar refractivity (Wildman–Crippen MR) is 46.1 cm³/mol. The van der Waals surface area contributed by atoms with E-state index in [-0.39, 0.29) is 11.8 Å². The summed E-state index contributed by atoms with van der Waals surface area (Å²) < 4.78 is 0. The first kappa shape index (κ1) is 11.1. The van der Waals surface area contributed by atoms with Crippen LogP contribution in [0.25, 0.3) is 0 Å². The summed E-state index contributed by atoms with van der Waals surface area (Å²) in [6.07, 6.45) is 1.65. The number of nitrogens with two attached hydrogens (primary N) is 1.